The molecule has 8 heteroatoms. The van der Waals surface area contributed by atoms with Crippen LogP contribution in [0.1, 0.15) is 35.8 Å². The minimum atomic E-state index is -3.80. The van der Waals surface area contributed by atoms with E-state index in [0.29, 0.717) is 17.8 Å². The Morgan fingerprint density at radius 2 is 2.27 bits per heavy atom. The number of rotatable bonds is 3. The lowest BCUT2D eigenvalue weighted by atomic mass is 10.1. The smallest absolute Gasteiger partial charge is 0.242 e. The lowest BCUT2D eigenvalue weighted by Gasteiger charge is -2.23. The molecule has 1 N–H and O–H groups in total. The van der Waals surface area contributed by atoms with Gasteiger partial charge in [0.1, 0.15) is 23.1 Å². The van der Waals surface area contributed by atoms with E-state index in [2.05, 4.69) is 14.8 Å². The summed E-state index contributed by atoms with van der Waals surface area (Å²) in [5.74, 6) is 0.612. The van der Waals surface area contributed by atoms with E-state index in [1.165, 1.54) is 12.4 Å². The molecule has 0 fully saturated rings. The summed E-state index contributed by atoms with van der Waals surface area (Å²) in [7, 11) is -3.80. The molecule has 1 aliphatic rings. The molecule has 0 saturated carbocycles. The average molecular weight is 317 g/mol. The van der Waals surface area contributed by atoms with Crippen molar-refractivity contribution in [1.29, 1.82) is 5.26 Å². The van der Waals surface area contributed by atoms with Gasteiger partial charge in [0.05, 0.1) is 11.6 Å². The van der Waals surface area contributed by atoms with Gasteiger partial charge in [0, 0.05) is 6.54 Å². The van der Waals surface area contributed by atoms with Gasteiger partial charge >= 0.3 is 0 Å². The van der Waals surface area contributed by atoms with Crippen molar-refractivity contribution in [2.75, 3.05) is 0 Å². The van der Waals surface area contributed by atoms with Crippen LogP contribution in [-0.4, -0.2) is 23.2 Å². The quantitative estimate of drug-likeness (QED) is 0.918. The van der Waals surface area contributed by atoms with Crippen molar-refractivity contribution in [1.82, 2.24) is 19.5 Å². The Kier molecular flexibility index (Phi) is 3.68. The lowest BCUT2D eigenvalue weighted by molar-refractivity contribution is 0.400. The normalized spacial score (nSPS) is 17.7. The fourth-order valence-electron chi connectivity index (χ4n) is 2.66. The van der Waals surface area contributed by atoms with Crippen molar-refractivity contribution in [3.8, 4) is 6.07 Å². The number of nitrogens with one attached hydrogen (secondary N) is 1. The Bertz CT molecular complexity index is 850. The second kappa shape index (κ2) is 5.51. The molecule has 0 aliphatic carbocycles. The molecule has 2 aromatic rings. The monoisotopic (exact) mass is 317 g/mol. The maximum atomic E-state index is 12.6. The minimum absolute atomic E-state index is 0.00615. The van der Waals surface area contributed by atoms with Gasteiger partial charge in [-0.2, -0.15) is 10.4 Å². The summed E-state index contributed by atoms with van der Waals surface area (Å²) < 4.78 is 29.6. The van der Waals surface area contributed by atoms with E-state index in [1.54, 1.807) is 23.7 Å². The molecule has 1 aromatic heterocycles. The van der Waals surface area contributed by atoms with Gasteiger partial charge in [-0.1, -0.05) is 12.1 Å². The Morgan fingerprint density at radius 3 is 3.05 bits per heavy atom. The zero-order valence-corrected chi connectivity index (χ0v) is 12.8. The topological polar surface area (TPSA) is 101 Å². The van der Waals surface area contributed by atoms with Gasteiger partial charge in [-0.15, -0.1) is 0 Å². The van der Waals surface area contributed by atoms with E-state index in [1.807, 2.05) is 6.07 Å². The number of hydrogen-bond acceptors (Lipinski definition) is 5. The molecule has 7 nitrogen and oxygen atoms in total. The van der Waals surface area contributed by atoms with Crippen LogP contribution in [0.2, 0.25) is 0 Å². The number of hydrogen-bond donors (Lipinski definition) is 1. The molecular weight excluding hydrogens is 302 g/mol. The van der Waals surface area contributed by atoms with Crippen molar-refractivity contribution >= 4 is 10.0 Å². The second-order valence-electron chi connectivity index (χ2n) is 5.22. The number of fused-ring (bicyclic) bond motifs is 1. The first-order chi connectivity index (χ1) is 10.5. The van der Waals surface area contributed by atoms with Crippen molar-refractivity contribution in [3.05, 3.63) is 41.5 Å². The summed E-state index contributed by atoms with van der Waals surface area (Å²) in [6.45, 7) is 2.45. The van der Waals surface area contributed by atoms with Crippen molar-refractivity contribution < 1.29 is 8.42 Å². The molecule has 0 amide bonds. The highest BCUT2D eigenvalue weighted by molar-refractivity contribution is 7.89. The van der Waals surface area contributed by atoms with Crippen molar-refractivity contribution in [2.24, 2.45) is 0 Å². The summed E-state index contributed by atoms with van der Waals surface area (Å²) in [6.07, 6.45) is 2.91. The average Bonchev–Trinajstić information content (AvgIpc) is 2.96. The summed E-state index contributed by atoms with van der Waals surface area (Å²) in [4.78, 5) is 4.14. The van der Waals surface area contributed by atoms with E-state index in [0.717, 1.165) is 13.0 Å². The Hall–Kier alpha value is -2.24. The van der Waals surface area contributed by atoms with Gasteiger partial charge in [0.25, 0.3) is 0 Å². The number of aromatic nitrogens is 3. The molecule has 0 unspecified atom stereocenters. The molecule has 1 atom stereocenters. The summed E-state index contributed by atoms with van der Waals surface area (Å²) in [5.41, 5.74) is 0.810. The first kappa shape index (κ1) is 14.7. The van der Waals surface area contributed by atoms with Crippen LogP contribution >= 0.6 is 0 Å². The number of benzene rings is 1. The van der Waals surface area contributed by atoms with Gasteiger partial charge in [0.15, 0.2) is 0 Å². The van der Waals surface area contributed by atoms with Crippen molar-refractivity contribution in [2.45, 2.75) is 37.2 Å². The Balaban J connectivity index is 1.97. The van der Waals surface area contributed by atoms with Gasteiger partial charge in [-0.25, -0.2) is 22.8 Å². The van der Waals surface area contributed by atoms with Gasteiger partial charge in [-0.05, 0) is 31.4 Å². The van der Waals surface area contributed by atoms with E-state index in [4.69, 9.17) is 0 Å². The predicted molar refractivity (Wildman–Crippen MR) is 78.2 cm³/mol. The van der Waals surface area contributed by atoms with Gasteiger partial charge in [-0.3, -0.25) is 0 Å². The first-order valence-electron chi connectivity index (χ1n) is 6.92. The summed E-state index contributed by atoms with van der Waals surface area (Å²) in [6, 6.07) is 6.34. The zero-order chi connectivity index (χ0) is 15.7. The van der Waals surface area contributed by atoms with Crippen LogP contribution < -0.4 is 4.72 Å². The highest BCUT2D eigenvalue weighted by Crippen LogP contribution is 2.26. The number of nitrogens with zero attached hydrogens (tertiary/aromatic N) is 4. The standard InChI is InChI=1S/C14H15N5O2S/c1-10-4-2-6-13(11(10)8-15)22(20,21)18-12-5-3-7-19-14(12)16-9-17-19/h2,4,6,9,12,18H,3,5,7H2,1H3/t12-/m1/s1. The molecule has 1 aliphatic heterocycles. The van der Waals surface area contributed by atoms with E-state index in [9.17, 15) is 13.7 Å². The molecule has 0 radical (unpaired) electrons. The van der Waals surface area contributed by atoms with Crippen LogP contribution in [-0.2, 0) is 16.6 Å². The molecule has 0 saturated heterocycles. The van der Waals surface area contributed by atoms with Crippen LogP contribution in [0.25, 0.3) is 0 Å². The minimum Gasteiger partial charge on any atom is -0.248 e. The third-order valence-electron chi connectivity index (χ3n) is 3.75. The molecule has 2 heterocycles. The van der Waals surface area contributed by atoms with Crippen LogP contribution in [0.3, 0.4) is 0 Å². The Morgan fingerprint density at radius 1 is 1.45 bits per heavy atom. The van der Waals surface area contributed by atoms with Gasteiger partial charge < -0.3 is 0 Å². The third-order valence-corrected chi connectivity index (χ3v) is 5.27. The summed E-state index contributed by atoms with van der Waals surface area (Å²) >= 11 is 0. The zero-order valence-electron chi connectivity index (χ0n) is 12.0. The lowest BCUT2D eigenvalue weighted by Crippen LogP contribution is -2.33. The molecule has 3 rings (SSSR count). The van der Waals surface area contributed by atoms with Gasteiger partial charge in [0.2, 0.25) is 10.0 Å². The molecule has 114 valence electrons. The van der Waals surface area contributed by atoms with E-state index in [-0.39, 0.29) is 10.5 Å². The number of aryl methyl sites for hydroxylation is 2. The van der Waals surface area contributed by atoms with E-state index >= 15 is 0 Å². The third kappa shape index (κ3) is 2.49. The first-order valence-corrected chi connectivity index (χ1v) is 8.41. The number of nitriles is 1. The number of sulfonamides is 1. The molecule has 0 bridgehead atoms. The molecule has 0 spiro atoms. The summed E-state index contributed by atoms with van der Waals surface area (Å²) in [5, 5.41) is 13.3. The maximum absolute atomic E-state index is 12.6. The van der Waals surface area contributed by atoms with E-state index < -0.39 is 16.1 Å². The van der Waals surface area contributed by atoms with Crippen LogP contribution in [0.5, 0.6) is 0 Å². The molecule has 1 aromatic carbocycles. The van der Waals surface area contributed by atoms with Crippen LogP contribution in [0.15, 0.2) is 29.4 Å². The second-order valence-corrected chi connectivity index (χ2v) is 6.90. The SMILES string of the molecule is Cc1cccc(S(=O)(=O)N[C@@H]2CCCn3ncnc32)c1C#N. The van der Waals surface area contributed by atoms with Crippen molar-refractivity contribution in [3.63, 3.8) is 0 Å². The fourth-order valence-corrected chi connectivity index (χ4v) is 4.12. The fraction of sp³-hybridized carbons (Fsp3) is 0.357. The largest absolute Gasteiger partial charge is 0.248 e. The molecule has 22 heavy (non-hydrogen) atoms. The highest BCUT2D eigenvalue weighted by atomic mass is 32.2. The van der Waals surface area contributed by atoms with Crippen LogP contribution in [0.4, 0.5) is 0 Å². The van der Waals surface area contributed by atoms with Crippen LogP contribution in [0, 0.1) is 18.3 Å². The highest BCUT2D eigenvalue weighted by Gasteiger charge is 2.29. The molecular formula is C14H15N5O2S. The maximum Gasteiger partial charge on any atom is 0.242 e. The Labute approximate surface area is 128 Å². The predicted octanol–water partition coefficient (Wildman–Crippen LogP) is 1.27.